The molecule has 174 valence electrons. The Morgan fingerprint density at radius 3 is 2.52 bits per heavy atom. The van der Waals surface area contributed by atoms with Gasteiger partial charge in [0.15, 0.2) is 0 Å². The molecule has 33 heavy (non-hydrogen) atoms. The minimum atomic E-state index is -2.57. The molecule has 2 saturated carbocycles. The second kappa shape index (κ2) is 8.65. The molecule has 3 aliphatic rings. The van der Waals surface area contributed by atoms with E-state index in [9.17, 15) is 13.6 Å². The highest BCUT2D eigenvalue weighted by atomic mass is 19.3. The zero-order valence-corrected chi connectivity index (χ0v) is 18.3. The normalized spacial score (nSPS) is 23.2. The summed E-state index contributed by atoms with van der Waals surface area (Å²) in [6.45, 7) is 5.49. The number of carbonyl (C=O) groups is 1. The highest BCUT2D eigenvalue weighted by Gasteiger charge is 2.57. The van der Waals surface area contributed by atoms with Crippen molar-refractivity contribution in [3.8, 4) is 11.5 Å². The number of halogens is 2. The topological polar surface area (TPSA) is 63.7 Å². The van der Waals surface area contributed by atoms with Gasteiger partial charge in [-0.25, -0.2) is 13.8 Å². The van der Waals surface area contributed by atoms with Gasteiger partial charge in [-0.2, -0.15) is 0 Å². The molecule has 1 saturated heterocycles. The van der Waals surface area contributed by atoms with Crippen molar-refractivity contribution in [2.24, 2.45) is 11.8 Å². The summed E-state index contributed by atoms with van der Waals surface area (Å²) in [5.74, 6) is -0.986. The Morgan fingerprint density at radius 2 is 1.88 bits per heavy atom. The molecule has 0 unspecified atom stereocenters. The third-order valence-corrected chi connectivity index (χ3v) is 6.32. The van der Waals surface area contributed by atoms with Gasteiger partial charge in [-0.1, -0.05) is 6.58 Å². The van der Waals surface area contributed by atoms with Crippen LogP contribution in [0.4, 0.5) is 14.6 Å². The summed E-state index contributed by atoms with van der Waals surface area (Å²) in [5, 5.41) is 2.87. The number of pyridine rings is 1. The molecule has 0 spiro atoms. The molecule has 2 aliphatic carbocycles. The van der Waals surface area contributed by atoms with Crippen LogP contribution in [0.3, 0.4) is 0 Å². The standard InChI is InChI=1S/C25H27F2N3O3/c1-16(29-24(31)18-2-3-18)17-4-6-20(7-5-17)33-22-10-11-30(14-22)23-9-8-21(13-28-23)32-15-19-12-25(19,26)27/h4-9,13,18-19,22H,1-3,10-12,14-15H2,(H,29,31)/t19-,22-/m1/s1. The van der Waals surface area contributed by atoms with Crippen molar-refractivity contribution in [1.82, 2.24) is 10.3 Å². The van der Waals surface area contributed by atoms with Crippen molar-refractivity contribution in [1.29, 1.82) is 0 Å². The smallest absolute Gasteiger partial charge is 0.255 e. The number of nitrogens with one attached hydrogen (secondary N) is 1. The summed E-state index contributed by atoms with van der Waals surface area (Å²) in [4.78, 5) is 18.5. The SMILES string of the molecule is C=C(NC(=O)C1CC1)c1ccc(O[C@@H]2CCN(c3ccc(OC[C@H]4CC4(F)F)cn3)C2)cc1. The first kappa shape index (κ1) is 21.7. The summed E-state index contributed by atoms with van der Waals surface area (Å²) < 4.78 is 37.5. The van der Waals surface area contributed by atoms with Crippen LogP contribution in [-0.4, -0.2) is 42.6 Å². The third kappa shape index (κ3) is 5.26. The number of ether oxygens (including phenoxy) is 2. The van der Waals surface area contributed by atoms with Gasteiger partial charge in [-0.05, 0) is 54.8 Å². The van der Waals surface area contributed by atoms with Gasteiger partial charge >= 0.3 is 0 Å². The van der Waals surface area contributed by atoms with Crippen LogP contribution in [-0.2, 0) is 4.79 Å². The van der Waals surface area contributed by atoms with Gasteiger partial charge in [-0.15, -0.1) is 0 Å². The zero-order chi connectivity index (χ0) is 23.0. The van der Waals surface area contributed by atoms with Crippen LogP contribution in [0.2, 0.25) is 0 Å². The van der Waals surface area contributed by atoms with Crippen molar-refractivity contribution in [3.63, 3.8) is 0 Å². The minimum Gasteiger partial charge on any atom is -0.491 e. The lowest BCUT2D eigenvalue weighted by Crippen LogP contribution is -2.25. The summed E-state index contributed by atoms with van der Waals surface area (Å²) in [6, 6.07) is 11.2. The van der Waals surface area contributed by atoms with Crippen molar-refractivity contribution < 1.29 is 23.0 Å². The van der Waals surface area contributed by atoms with E-state index in [4.69, 9.17) is 9.47 Å². The first-order valence-electron chi connectivity index (χ1n) is 11.4. The van der Waals surface area contributed by atoms with Crippen molar-refractivity contribution >= 4 is 17.4 Å². The maximum atomic E-state index is 13.0. The Labute approximate surface area is 191 Å². The summed E-state index contributed by atoms with van der Waals surface area (Å²) in [5.41, 5.74) is 1.47. The lowest BCUT2D eigenvalue weighted by atomic mass is 10.1. The Morgan fingerprint density at radius 1 is 1.15 bits per heavy atom. The largest absolute Gasteiger partial charge is 0.491 e. The monoisotopic (exact) mass is 455 g/mol. The van der Waals surface area contributed by atoms with E-state index in [1.54, 1.807) is 12.3 Å². The molecule has 3 fully saturated rings. The second-order valence-electron chi connectivity index (χ2n) is 9.07. The number of amides is 1. The first-order valence-corrected chi connectivity index (χ1v) is 11.4. The summed E-state index contributed by atoms with van der Waals surface area (Å²) in [6.07, 6.45) is 4.30. The highest BCUT2D eigenvalue weighted by molar-refractivity contribution is 5.89. The van der Waals surface area contributed by atoms with E-state index < -0.39 is 11.8 Å². The van der Waals surface area contributed by atoms with E-state index in [1.165, 1.54) is 0 Å². The van der Waals surface area contributed by atoms with Gasteiger partial charge in [-0.3, -0.25) is 4.79 Å². The van der Waals surface area contributed by atoms with E-state index in [0.717, 1.165) is 42.9 Å². The molecule has 0 bridgehead atoms. The van der Waals surface area contributed by atoms with Gasteiger partial charge in [0, 0.05) is 31.0 Å². The minimum absolute atomic E-state index is 0.0205. The molecule has 1 N–H and O–H groups in total. The van der Waals surface area contributed by atoms with Gasteiger partial charge in [0.1, 0.15) is 23.4 Å². The number of alkyl halides is 2. The molecule has 1 amide bonds. The number of aromatic nitrogens is 1. The molecule has 1 aromatic heterocycles. The quantitative estimate of drug-likeness (QED) is 0.612. The molecule has 1 aliphatic heterocycles. The lowest BCUT2D eigenvalue weighted by Gasteiger charge is -2.18. The van der Waals surface area contributed by atoms with Crippen LogP contribution in [0.15, 0.2) is 49.2 Å². The molecule has 2 heterocycles. The number of carbonyl (C=O) groups excluding carboxylic acids is 1. The molecule has 8 heteroatoms. The number of nitrogens with zero attached hydrogens (tertiary/aromatic N) is 2. The molecule has 0 radical (unpaired) electrons. The molecular weight excluding hydrogens is 428 g/mol. The summed E-state index contributed by atoms with van der Waals surface area (Å²) in [7, 11) is 0. The Hall–Kier alpha value is -3.16. The molecule has 6 nitrogen and oxygen atoms in total. The number of hydrogen-bond acceptors (Lipinski definition) is 5. The van der Waals surface area contributed by atoms with Crippen LogP contribution in [0.25, 0.3) is 5.70 Å². The van der Waals surface area contributed by atoms with E-state index in [-0.39, 0.29) is 31.0 Å². The average molecular weight is 456 g/mol. The van der Waals surface area contributed by atoms with Crippen molar-refractivity contribution in [3.05, 3.63) is 54.7 Å². The van der Waals surface area contributed by atoms with Crippen LogP contribution in [0, 0.1) is 11.8 Å². The maximum absolute atomic E-state index is 13.0. The summed E-state index contributed by atoms with van der Waals surface area (Å²) >= 11 is 0. The van der Waals surface area contributed by atoms with Crippen molar-refractivity contribution in [2.75, 3.05) is 24.6 Å². The van der Waals surface area contributed by atoms with Gasteiger partial charge in [0.05, 0.1) is 25.3 Å². The zero-order valence-electron chi connectivity index (χ0n) is 18.3. The maximum Gasteiger partial charge on any atom is 0.255 e. The predicted molar refractivity (Wildman–Crippen MR) is 120 cm³/mol. The average Bonchev–Trinajstić information content (AvgIpc) is 3.70. The van der Waals surface area contributed by atoms with Gasteiger partial charge in [0.25, 0.3) is 5.92 Å². The van der Waals surface area contributed by atoms with E-state index >= 15 is 0 Å². The Bertz CT molecular complexity index is 1020. The fourth-order valence-corrected chi connectivity index (χ4v) is 3.92. The fourth-order valence-electron chi connectivity index (χ4n) is 3.92. The molecular formula is C25H27F2N3O3. The van der Waals surface area contributed by atoms with Gasteiger partial charge in [0.2, 0.25) is 5.91 Å². The lowest BCUT2D eigenvalue weighted by molar-refractivity contribution is -0.121. The van der Waals surface area contributed by atoms with Crippen molar-refractivity contribution in [2.45, 2.75) is 37.7 Å². The third-order valence-electron chi connectivity index (χ3n) is 6.32. The fraction of sp³-hybridized carbons (Fsp3) is 0.440. The number of benzene rings is 1. The molecule has 5 rings (SSSR count). The molecule has 2 atom stereocenters. The Balaban J connectivity index is 1.09. The van der Waals surface area contributed by atoms with Crippen LogP contribution in [0.1, 0.15) is 31.2 Å². The molecule has 1 aromatic carbocycles. The number of rotatable bonds is 9. The first-order chi connectivity index (χ1) is 15.9. The number of anilines is 1. The van der Waals surface area contributed by atoms with E-state index in [2.05, 4.69) is 21.8 Å². The van der Waals surface area contributed by atoms with E-state index in [1.807, 2.05) is 30.3 Å². The van der Waals surface area contributed by atoms with Crippen LogP contribution < -0.4 is 19.7 Å². The van der Waals surface area contributed by atoms with Gasteiger partial charge < -0.3 is 19.7 Å². The highest BCUT2D eigenvalue weighted by Crippen LogP contribution is 2.48. The number of hydrogen-bond donors (Lipinski definition) is 1. The van der Waals surface area contributed by atoms with E-state index in [0.29, 0.717) is 18.0 Å². The van der Waals surface area contributed by atoms with Crippen LogP contribution >= 0.6 is 0 Å². The predicted octanol–water partition coefficient (Wildman–Crippen LogP) is 4.27. The molecule has 2 aromatic rings. The van der Waals surface area contributed by atoms with Crippen LogP contribution in [0.5, 0.6) is 11.5 Å². The Kier molecular flexibility index (Phi) is 5.68. The second-order valence-corrected chi connectivity index (χ2v) is 9.07.